The van der Waals surface area contributed by atoms with Crippen molar-refractivity contribution < 1.29 is 9.50 Å². The van der Waals surface area contributed by atoms with Gasteiger partial charge >= 0.3 is 0 Å². The molecule has 0 heterocycles. The molecule has 0 radical (unpaired) electrons. The lowest BCUT2D eigenvalue weighted by atomic mass is 10.1. The number of nitrogens with zero attached hydrogens (tertiary/aromatic N) is 1. The summed E-state index contributed by atoms with van der Waals surface area (Å²) >= 11 is 5.62. The Balaban J connectivity index is 3.17. The van der Waals surface area contributed by atoms with Gasteiger partial charge in [0.1, 0.15) is 6.07 Å². The maximum absolute atomic E-state index is 13.1. The first-order chi connectivity index (χ1) is 6.20. The van der Waals surface area contributed by atoms with Crippen LogP contribution in [0.5, 0.6) is 0 Å². The van der Waals surface area contributed by atoms with Gasteiger partial charge in [0.05, 0.1) is 10.6 Å². The SMILES string of the molecule is N#Cc1ccc(CCO)c(Cl)c1F. The molecule has 0 saturated heterocycles. The van der Waals surface area contributed by atoms with E-state index >= 15 is 0 Å². The van der Waals surface area contributed by atoms with E-state index in [9.17, 15) is 4.39 Å². The van der Waals surface area contributed by atoms with Crippen LogP contribution < -0.4 is 0 Å². The molecule has 0 aliphatic rings. The molecule has 0 aliphatic heterocycles. The zero-order valence-corrected chi connectivity index (χ0v) is 7.48. The van der Waals surface area contributed by atoms with Crippen molar-refractivity contribution >= 4 is 11.6 Å². The average molecular weight is 200 g/mol. The Labute approximate surface area is 80.2 Å². The molecule has 1 aromatic rings. The number of rotatable bonds is 2. The van der Waals surface area contributed by atoms with Crippen molar-refractivity contribution in [3.05, 3.63) is 34.1 Å². The van der Waals surface area contributed by atoms with Crippen LogP contribution in [0.25, 0.3) is 0 Å². The lowest BCUT2D eigenvalue weighted by Gasteiger charge is -2.03. The van der Waals surface area contributed by atoms with E-state index in [1.807, 2.05) is 0 Å². The van der Waals surface area contributed by atoms with Crippen molar-refractivity contribution in [1.82, 2.24) is 0 Å². The zero-order chi connectivity index (χ0) is 9.84. The molecule has 0 amide bonds. The normalized spacial score (nSPS) is 9.69. The third-order valence-electron chi connectivity index (χ3n) is 1.66. The van der Waals surface area contributed by atoms with Gasteiger partial charge in [0, 0.05) is 6.61 Å². The molecule has 0 bridgehead atoms. The minimum absolute atomic E-state index is 0.0758. The Bertz CT molecular complexity index is 359. The van der Waals surface area contributed by atoms with Crippen LogP contribution in [0.1, 0.15) is 11.1 Å². The molecule has 1 aromatic carbocycles. The molecule has 0 spiro atoms. The molecule has 13 heavy (non-hydrogen) atoms. The van der Waals surface area contributed by atoms with Crippen molar-refractivity contribution in [2.75, 3.05) is 6.61 Å². The highest BCUT2D eigenvalue weighted by Crippen LogP contribution is 2.22. The highest BCUT2D eigenvalue weighted by atomic mass is 35.5. The Morgan fingerprint density at radius 2 is 2.23 bits per heavy atom. The van der Waals surface area contributed by atoms with Crippen LogP contribution in [0.3, 0.4) is 0 Å². The van der Waals surface area contributed by atoms with Gasteiger partial charge in [-0.15, -0.1) is 0 Å². The smallest absolute Gasteiger partial charge is 0.159 e. The van der Waals surface area contributed by atoms with Gasteiger partial charge in [-0.2, -0.15) is 5.26 Å². The second kappa shape index (κ2) is 4.22. The Morgan fingerprint density at radius 1 is 1.54 bits per heavy atom. The average Bonchev–Trinajstić information content (AvgIpc) is 2.14. The van der Waals surface area contributed by atoms with Crippen LogP contribution in [0.2, 0.25) is 5.02 Å². The fourth-order valence-electron chi connectivity index (χ4n) is 0.989. The van der Waals surface area contributed by atoms with Crippen LogP contribution in [0.4, 0.5) is 4.39 Å². The predicted molar refractivity (Wildman–Crippen MR) is 46.9 cm³/mol. The van der Waals surface area contributed by atoms with Crippen molar-refractivity contribution in [1.29, 1.82) is 5.26 Å². The topological polar surface area (TPSA) is 44.0 Å². The number of hydrogen-bond acceptors (Lipinski definition) is 2. The highest BCUT2D eigenvalue weighted by molar-refractivity contribution is 6.31. The van der Waals surface area contributed by atoms with Crippen LogP contribution in [-0.2, 0) is 6.42 Å². The van der Waals surface area contributed by atoms with Crippen LogP contribution in [0.15, 0.2) is 12.1 Å². The maximum atomic E-state index is 13.1. The molecule has 0 fully saturated rings. The van der Waals surface area contributed by atoms with Gasteiger partial charge in [0.15, 0.2) is 5.82 Å². The second-order valence-corrected chi connectivity index (χ2v) is 2.86. The van der Waals surface area contributed by atoms with E-state index in [-0.39, 0.29) is 17.2 Å². The van der Waals surface area contributed by atoms with E-state index in [1.165, 1.54) is 6.07 Å². The largest absolute Gasteiger partial charge is 0.396 e. The highest BCUT2D eigenvalue weighted by Gasteiger charge is 2.10. The van der Waals surface area contributed by atoms with Gasteiger partial charge in [-0.25, -0.2) is 4.39 Å². The molecule has 0 saturated carbocycles. The number of nitriles is 1. The molecule has 0 aliphatic carbocycles. The standard InChI is InChI=1S/C9H7ClFNO/c10-8-6(3-4-13)1-2-7(5-12)9(8)11/h1-2,13H,3-4H2. The maximum Gasteiger partial charge on any atom is 0.159 e. The third-order valence-corrected chi connectivity index (χ3v) is 2.07. The quantitative estimate of drug-likeness (QED) is 0.791. The monoisotopic (exact) mass is 199 g/mol. The number of benzene rings is 1. The summed E-state index contributed by atoms with van der Waals surface area (Å²) in [5.74, 6) is -0.713. The number of aliphatic hydroxyl groups excluding tert-OH is 1. The molecule has 1 N–H and O–H groups in total. The Kier molecular flexibility index (Phi) is 3.24. The van der Waals surface area contributed by atoms with E-state index in [0.29, 0.717) is 12.0 Å². The van der Waals surface area contributed by atoms with E-state index in [1.54, 1.807) is 12.1 Å². The summed E-state index contributed by atoms with van der Waals surface area (Å²) < 4.78 is 13.1. The van der Waals surface area contributed by atoms with Gasteiger partial charge in [-0.05, 0) is 18.1 Å². The summed E-state index contributed by atoms with van der Waals surface area (Å²) in [6.07, 6.45) is 0.293. The second-order valence-electron chi connectivity index (χ2n) is 2.49. The number of aliphatic hydroxyl groups is 1. The molecule has 0 unspecified atom stereocenters. The van der Waals surface area contributed by atoms with E-state index in [4.69, 9.17) is 22.0 Å². The zero-order valence-electron chi connectivity index (χ0n) is 6.72. The van der Waals surface area contributed by atoms with Gasteiger partial charge in [0.2, 0.25) is 0 Å². The summed E-state index contributed by atoms with van der Waals surface area (Å²) in [4.78, 5) is 0. The van der Waals surface area contributed by atoms with Crippen molar-refractivity contribution in [2.24, 2.45) is 0 Å². The van der Waals surface area contributed by atoms with Crippen molar-refractivity contribution in [3.8, 4) is 6.07 Å². The Hall–Kier alpha value is -1.11. The first kappa shape index (κ1) is 9.97. The van der Waals surface area contributed by atoms with Gasteiger partial charge in [0.25, 0.3) is 0 Å². The minimum Gasteiger partial charge on any atom is -0.396 e. The van der Waals surface area contributed by atoms with Crippen LogP contribution in [-0.4, -0.2) is 11.7 Å². The van der Waals surface area contributed by atoms with Crippen molar-refractivity contribution in [2.45, 2.75) is 6.42 Å². The van der Waals surface area contributed by atoms with Crippen molar-refractivity contribution in [3.63, 3.8) is 0 Å². The van der Waals surface area contributed by atoms with E-state index in [2.05, 4.69) is 0 Å². The fourth-order valence-corrected chi connectivity index (χ4v) is 1.25. The van der Waals surface area contributed by atoms with Crippen LogP contribution in [0, 0.1) is 17.1 Å². The van der Waals surface area contributed by atoms with E-state index in [0.717, 1.165) is 0 Å². The number of hydrogen-bond donors (Lipinski definition) is 1. The third kappa shape index (κ3) is 1.97. The Morgan fingerprint density at radius 3 is 2.77 bits per heavy atom. The molecular weight excluding hydrogens is 193 g/mol. The molecule has 0 atom stereocenters. The van der Waals surface area contributed by atoms with Crippen LogP contribution >= 0.6 is 11.6 Å². The summed E-state index contributed by atoms with van der Waals surface area (Å²) in [6.45, 7) is -0.0922. The summed E-state index contributed by atoms with van der Waals surface area (Å²) in [6, 6.07) is 4.58. The first-order valence-electron chi connectivity index (χ1n) is 3.68. The summed E-state index contributed by atoms with van der Waals surface area (Å²) in [7, 11) is 0. The molecule has 4 heteroatoms. The van der Waals surface area contributed by atoms with Gasteiger partial charge < -0.3 is 5.11 Å². The summed E-state index contributed by atoms with van der Waals surface area (Å²) in [5.41, 5.74) is 0.437. The van der Waals surface area contributed by atoms with E-state index < -0.39 is 5.82 Å². The predicted octanol–water partition coefficient (Wildman–Crippen LogP) is 1.89. The molecule has 1 rings (SSSR count). The fraction of sp³-hybridized carbons (Fsp3) is 0.222. The summed E-state index contributed by atoms with van der Waals surface area (Å²) in [5, 5.41) is 17.0. The van der Waals surface area contributed by atoms with Gasteiger partial charge in [-0.1, -0.05) is 17.7 Å². The first-order valence-corrected chi connectivity index (χ1v) is 4.06. The molecule has 68 valence electrons. The number of halogens is 2. The molecular formula is C9H7ClFNO. The minimum atomic E-state index is -0.713. The lowest BCUT2D eigenvalue weighted by Crippen LogP contribution is -1.95. The molecule has 0 aromatic heterocycles. The molecule has 2 nitrogen and oxygen atoms in total. The van der Waals surface area contributed by atoms with Gasteiger partial charge in [-0.3, -0.25) is 0 Å². The lowest BCUT2D eigenvalue weighted by molar-refractivity contribution is 0.299.